The van der Waals surface area contributed by atoms with E-state index < -0.39 is 5.97 Å². The fourth-order valence-electron chi connectivity index (χ4n) is 2.44. The van der Waals surface area contributed by atoms with Crippen LogP contribution in [0.25, 0.3) is 16.9 Å². The van der Waals surface area contributed by atoms with Crippen molar-refractivity contribution in [3.05, 3.63) is 70.9 Å². The molecule has 0 unspecified atom stereocenters. The average Bonchev–Trinajstić information content (AvgIpc) is 2.86. The molecule has 3 aromatic rings. The Morgan fingerprint density at radius 3 is 2.36 bits per heavy atom. The lowest BCUT2D eigenvalue weighted by atomic mass is 10.1. The highest BCUT2D eigenvalue weighted by Gasteiger charge is 2.24. The molecule has 110 valence electrons. The number of para-hydroxylation sites is 1. The topological polar surface area (TPSA) is 55.1 Å². The summed E-state index contributed by atoms with van der Waals surface area (Å²) in [5, 5.41) is 14.4. The zero-order valence-electron chi connectivity index (χ0n) is 11.8. The summed E-state index contributed by atoms with van der Waals surface area (Å²) in [6.45, 7) is 1.68. The Morgan fingerprint density at radius 2 is 1.73 bits per heavy atom. The summed E-state index contributed by atoms with van der Waals surface area (Å²) in [6, 6.07) is 16.6. The van der Waals surface area contributed by atoms with E-state index in [0.29, 0.717) is 22.0 Å². The van der Waals surface area contributed by atoms with Crippen LogP contribution in [-0.2, 0) is 0 Å². The second kappa shape index (κ2) is 5.66. The normalized spacial score (nSPS) is 10.6. The second-order valence-electron chi connectivity index (χ2n) is 4.84. The Balaban J connectivity index is 2.36. The zero-order chi connectivity index (χ0) is 15.7. The molecular weight excluding hydrogens is 300 g/mol. The number of nitrogens with zero attached hydrogens (tertiary/aromatic N) is 2. The number of benzene rings is 2. The van der Waals surface area contributed by atoms with Crippen molar-refractivity contribution in [1.29, 1.82) is 0 Å². The predicted octanol–water partition coefficient (Wildman–Crippen LogP) is 4.20. The molecule has 0 radical (unpaired) electrons. The first-order valence-electron chi connectivity index (χ1n) is 6.73. The molecule has 0 aliphatic rings. The Hall–Kier alpha value is -2.59. The van der Waals surface area contributed by atoms with Crippen LogP contribution in [0.4, 0.5) is 0 Å². The second-order valence-corrected chi connectivity index (χ2v) is 5.25. The minimum absolute atomic E-state index is 0.164. The molecule has 1 aromatic heterocycles. The SMILES string of the molecule is Cc1nn(-c2ccccc2)c(-c2ccccc2Cl)c1C(=O)O. The number of halogens is 1. The Kier molecular flexibility index (Phi) is 3.69. The molecule has 3 rings (SSSR count). The number of aromatic nitrogens is 2. The number of rotatable bonds is 3. The van der Waals surface area contributed by atoms with E-state index in [1.54, 1.807) is 23.7 Å². The quantitative estimate of drug-likeness (QED) is 0.788. The molecule has 0 saturated carbocycles. The van der Waals surface area contributed by atoms with Crippen molar-refractivity contribution in [1.82, 2.24) is 9.78 Å². The average molecular weight is 313 g/mol. The molecule has 2 aromatic carbocycles. The maximum atomic E-state index is 11.7. The highest BCUT2D eigenvalue weighted by Crippen LogP contribution is 2.33. The van der Waals surface area contributed by atoms with Crippen LogP contribution in [0.15, 0.2) is 54.6 Å². The van der Waals surface area contributed by atoms with E-state index in [4.69, 9.17) is 11.6 Å². The molecule has 1 N–H and O–H groups in total. The lowest BCUT2D eigenvalue weighted by Crippen LogP contribution is -2.03. The van der Waals surface area contributed by atoms with E-state index in [2.05, 4.69) is 5.10 Å². The highest BCUT2D eigenvalue weighted by molar-refractivity contribution is 6.33. The first-order chi connectivity index (χ1) is 10.6. The summed E-state index contributed by atoms with van der Waals surface area (Å²) >= 11 is 6.27. The molecule has 5 heteroatoms. The number of carbonyl (C=O) groups is 1. The van der Waals surface area contributed by atoms with Gasteiger partial charge in [-0.25, -0.2) is 9.48 Å². The molecule has 0 aliphatic carbocycles. The zero-order valence-corrected chi connectivity index (χ0v) is 12.6. The molecular formula is C17H13ClN2O2. The highest BCUT2D eigenvalue weighted by atomic mass is 35.5. The summed E-state index contributed by atoms with van der Waals surface area (Å²) in [5.41, 5.74) is 2.53. The van der Waals surface area contributed by atoms with Crippen molar-refractivity contribution in [2.45, 2.75) is 6.92 Å². The van der Waals surface area contributed by atoms with Crippen molar-refractivity contribution in [2.24, 2.45) is 0 Å². The molecule has 22 heavy (non-hydrogen) atoms. The lowest BCUT2D eigenvalue weighted by Gasteiger charge is -2.10. The third-order valence-electron chi connectivity index (χ3n) is 3.40. The molecule has 0 atom stereocenters. The molecule has 0 bridgehead atoms. The van der Waals surface area contributed by atoms with Crippen molar-refractivity contribution in [3.63, 3.8) is 0 Å². The number of carboxylic acids is 1. The minimum Gasteiger partial charge on any atom is -0.478 e. The first kappa shape index (κ1) is 14.4. The van der Waals surface area contributed by atoms with Crippen LogP contribution >= 0.6 is 11.6 Å². The molecule has 0 aliphatic heterocycles. The fraction of sp³-hybridized carbons (Fsp3) is 0.0588. The third-order valence-corrected chi connectivity index (χ3v) is 3.73. The van der Waals surface area contributed by atoms with Crippen LogP contribution < -0.4 is 0 Å². The standard InChI is InChI=1S/C17H13ClN2O2/c1-11-15(17(21)22)16(13-9-5-6-10-14(13)18)20(19-11)12-7-3-2-4-8-12/h2-10H,1H3,(H,21,22). The van der Waals surface area contributed by atoms with Crippen molar-refractivity contribution in [3.8, 4) is 16.9 Å². The Bertz CT molecular complexity index is 841. The molecule has 0 fully saturated rings. The molecule has 0 amide bonds. The van der Waals surface area contributed by atoms with Gasteiger partial charge in [-0.15, -0.1) is 0 Å². The lowest BCUT2D eigenvalue weighted by molar-refractivity contribution is 0.0697. The van der Waals surface area contributed by atoms with Crippen molar-refractivity contribution in [2.75, 3.05) is 0 Å². The van der Waals surface area contributed by atoms with Gasteiger partial charge >= 0.3 is 5.97 Å². The largest absolute Gasteiger partial charge is 0.478 e. The number of hydrogen-bond acceptors (Lipinski definition) is 2. The summed E-state index contributed by atoms with van der Waals surface area (Å²) in [5.74, 6) is -1.02. The van der Waals surface area contributed by atoms with Crippen molar-refractivity contribution < 1.29 is 9.90 Å². The summed E-state index contributed by atoms with van der Waals surface area (Å²) in [6.07, 6.45) is 0. The van der Waals surface area contributed by atoms with Crippen LogP contribution in [0, 0.1) is 6.92 Å². The molecule has 1 heterocycles. The maximum Gasteiger partial charge on any atom is 0.339 e. The smallest absolute Gasteiger partial charge is 0.339 e. The maximum absolute atomic E-state index is 11.7. The molecule has 4 nitrogen and oxygen atoms in total. The monoisotopic (exact) mass is 312 g/mol. The van der Waals surface area contributed by atoms with Gasteiger partial charge in [0.15, 0.2) is 0 Å². The van der Waals surface area contributed by atoms with Gasteiger partial charge in [0, 0.05) is 10.6 Å². The van der Waals surface area contributed by atoms with E-state index >= 15 is 0 Å². The Morgan fingerprint density at radius 1 is 1.09 bits per heavy atom. The number of hydrogen-bond donors (Lipinski definition) is 1. The molecule has 0 spiro atoms. The predicted molar refractivity (Wildman–Crippen MR) is 85.7 cm³/mol. The van der Waals surface area contributed by atoms with Crippen LogP contribution in [0.1, 0.15) is 16.1 Å². The van der Waals surface area contributed by atoms with E-state index in [-0.39, 0.29) is 5.56 Å². The number of aromatic carboxylic acids is 1. The van der Waals surface area contributed by atoms with Gasteiger partial charge < -0.3 is 5.11 Å². The van der Waals surface area contributed by atoms with Crippen LogP contribution in [0.5, 0.6) is 0 Å². The first-order valence-corrected chi connectivity index (χ1v) is 7.10. The van der Waals surface area contributed by atoms with E-state index in [1.807, 2.05) is 42.5 Å². The van der Waals surface area contributed by atoms with Crippen LogP contribution in [-0.4, -0.2) is 20.9 Å². The Labute approximate surface area is 132 Å². The van der Waals surface area contributed by atoms with Crippen LogP contribution in [0.2, 0.25) is 5.02 Å². The van der Waals surface area contributed by atoms with Gasteiger partial charge in [-0.1, -0.05) is 48.0 Å². The summed E-state index contributed by atoms with van der Waals surface area (Å²) in [4.78, 5) is 11.7. The minimum atomic E-state index is -1.02. The van der Waals surface area contributed by atoms with Crippen molar-refractivity contribution >= 4 is 17.6 Å². The summed E-state index contributed by atoms with van der Waals surface area (Å²) in [7, 11) is 0. The van der Waals surface area contributed by atoms with Gasteiger partial charge in [-0.2, -0.15) is 5.10 Å². The fourth-order valence-corrected chi connectivity index (χ4v) is 2.67. The van der Waals surface area contributed by atoms with Crippen LogP contribution in [0.3, 0.4) is 0 Å². The van der Waals surface area contributed by atoms with E-state index in [0.717, 1.165) is 5.69 Å². The number of carboxylic acid groups (broad SMARTS) is 1. The van der Waals surface area contributed by atoms with E-state index in [1.165, 1.54) is 0 Å². The van der Waals surface area contributed by atoms with Gasteiger partial charge in [0.1, 0.15) is 5.56 Å². The third kappa shape index (κ3) is 2.38. The van der Waals surface area contributed by atoms with Gasteiger partial charge in [-0.3, -0.25) is 0 Å². The van der Waals surface area contributed by atoms with E-state index in [9.17, 15) is 9.90 Å². The van der Waals surface area contributed by atoms with Gasteiger partial charge in [-0.05, 0) is 25.1 Å². The molecule has 0 saturated heterocycles. The van der Waals surface area contributed by atoms with Gasteiger partial charge in [0.25, 0.3) is 0 Å². The number of aryl methyl sites for hydroxylation is 1. The van der Waals surface area contributed by atoms with Gasteiger partial charge in [0.05, 0.1) is 17.1 Å². The van der Waals surface area contributed by atoms with Gasteiger partial charge in [0.2, 0.25) is 0 Å². The summed E-state index contributed by atoms with van der Waals surface area (Å²) < 4.78 is 1.62.